The quantitative estimate of drug-likeness (QED) is 0.667. The van der Waals surface area contributed by atoms with Gasteiger partial charge in [0.25, 0.3) is 0 Å². The molecule has 0 aromatic heterocycles. The van der Waals surface area contributed by atoms with Gasteiger partial charge in [0.15, 0.2) is 5.76 Å². The van der Waals surface area contributed by atoms with Crippen LogP contribution in [0.3, 0.4) is 0 Å². The molecule has 1 aliphatic heterocycles. The maximum atomic E-state index is 11.7. The normalized spacial score (nSPS) is 16.9. The van der Waals surface area contributed by atoms with E-state index in [1.54, 1.807) is 6.07 Å². The van der Waals surface area contributed by atoms with E-state index in [1.165, 1.54) is 0 Å². The highest BCUT2D eigenvalue weighted by Gasteiger charge is 2.25. The Morgan fingerprint density at radius 2 is 2.14 bits per heavy atom. The van der Waals surface area contributed by atoms with Crippen molar-refractivity contribution in [2.45, 2.75) is 19.8 Å². The van der Waals surface area contributed by atoms with Gasteiger partial charge in [0, 0.05) is 0 Å². The van der Waals surface area contributed by atoms with E-state index < -0.39 is 0 Å². The Morgan fingerprint density at radius 1 is 1.36 bits per heavy atom. The molecular weight excluding hydrogens is 176 g/mol. The Bertz CT molecular complexity index is 391. The maximum Gasteiger partial charge on any atom is 0.231 e. The summed E-state index contributed by atoms with van der Waals surface area (Å²) in [6, 6.07) is 7.34. The number of hydrogen-bond donors (Lipinski definition) is 0. The molecular formula is C12H12O2. The second kappa shape index (κ2) is 3.66. The van der Waals surface area contributed by atoms with Crippen molar-refractivity contribution < 1.29 is 9.53 Å². The van der Waals surface area contributed by atoms with Gasteiger partial charge in [0.05, 0.1) is 5.56 Å². The van der Waals surface area contributed by atoms with Crippen LogP contribution in [-0.2, 0) is 0 Å². The summed E-state index contributed by atoms with van der Waals surface area (Å²) in [6.07, 6.45) is 3.77. The van der Waals surface area contributed by atoms with Crippen molar-refractivity contribution in [3.63, 3.8) is 0 Å². The van der Waals surface area contributed by atoms with Gasteiger partial charge < -0.3 is 4.74 Å². The number of Topliss-reactive ketones (excluding diaryl/α,β-unsaturated/α-hetero) is 1. The van der Waals surface area contributed by atoms with Gasteiger partial charge in [0.2, 0.25) is 5.78 Å². The monoisotopic (exact) mass is 188 g/mol. The Labute approximate surface area is 83.2 Å². The Kier molecular flexibility index (Phi) is 2.35. The van der Waals surface area contributed by atoms with Crippen molar-refractivity contribution in [3.05, 3.63) is 41.7 Å². The van der Waals surface area contributed by atoms with E-state index in [0.717, 1.165) is 12.8 Å². The summed E-state index contributed by atoms with van der Waals surface area (Å²) in [5.41, 5.74) is 0.676. The predicted octanol–water partition coefficient (Wildman–Crippen LogP) is 2.95. The van der Waals surface area contributed by atoms with Gasteiger partial charge in [-0.3, -0.25) is 4.79 Å². The number of carbonyl (C=O) groups is 1. The molecule has 14 heavy (non-hydrogen) atoms. The number of para-hydroxylation sites is 1. The summed E-state index contributed by atoms with van der Waals surface area (Å²) in [4.78, 5) is 11.7. The van der Waals surface area contributed by atoms with Crippen molar-refractivity contribution in [3.8, 4) is 5.75 Å². The number of unbranched alkanes of at least 4 members (excludes halogenated alkanes) is 1. The molecule has 0 amide bonds. The number of allylic oxidation sites excluding steroid dienone is 2. The highest BCUT2D eigenvalue weighted by molar-refractivity contribution is 6.12. The summed E-state index contributed by atoms with van der Waals surface area (Å²) in [5.74, 6) is 1.17. The molecule has 2 nitrogen and oxygen atoms in total. The lowest BCUT2D eigenvalue weighted by atomic mass is 10.1. The van der Waals surface area contributed by atoms with Gasteiger partial charge >= 0.3 is 0 Å². The number of rotatable bonds is 2. The molecule has 0 saturated carbocycles. The average Bonchev–Trinajstić information content (AvgIpc) is 2.54. The molecule has 0 fully saturated rings. The fraction of sp³-hybridized carbons (Fsp3) is 0.250. The Balaban J connectivity index is 2.30. The smallest absolute Gasteiger partial charge is 0.231 e. The minimum Gasteiger partial charge on any atom is -0.453 e. The molecule has 1 aromatic rings. The van der Waals surface area contributed by atoms with E-state index in [2.05, 4.69) is 6.92 Å². The molecule has 0 N–H and O–H groups in total. The zero-order chi connectivity index (χ0) is 9.97. The number of hydrogen-bond acceptors (Lipinski definition) is 2. The van der Waals surface area contributed by atoms with Crippen LogP contribution in [0.1, 0.15) is 30.1 Å². The lowest BCUT2D eigenvalue weighted by Gasteiger charge is -1.95. The molecule has 1 heterocycles. The van der Waals surface area contributed by atoms with Crippen molar-refractivity contribution in [2.75, 3.05) is 0 Å². The van der Waals surface area contributed by atoms with E-state index in [1.807, 2.05) is 24.3 Å². The third kappa shape index (κ3) is 1.43. The van der Waals surface area contributed by atoms with Crippen molar-refractivity contribution >= 4 is 5.78 Å². The van der Waals surface area contributed by atoms with Crippen LogP contribution < -0.4 is 4.74 Å². The Hall–Kier alpha value is -1.57. The number of carbonyl (C=O) groups excluding carboxylic acids is 1. The molecule has 0 bridgehead atoms. The molecule has 0 aliphatic carbocycles. The second-order valence-electron chi connectivity index (χ2n) is 3.28. The van der Waals surface area contributed by atoms with Crippen molar-refractivity contribution in [2.24, 2.45) is 0 Å². The molecule has 0 atom stereocenters. The molecule has 1 aromatic carbocycles. The SMILES string of the molecule is CCC/C=C1/Oc2ccccc2C1=O. The van der Waals surface area contributed by atoms with E-state index in [4.69, 9.17) is 4.74 Å². The van der Waals surface area contributed by atoms with Crippen LogP contribution in [0, 0.1) is 0 Å². The van der Waals surface area contributed by atoms with Gasteiger partial charge in [-0.25, -0.2) is 0 Å². The third-order valence-corrected chi connectivity index (χ3v) is 2.19. The average molecular weight is 188 g/mol. The molecule has 0 radical (unpaired) electrons. The first kappa shape index (κ1) is 9.00. The minimum absolute atomic E-state index is 0.00838. The molecule has 2 heteroatoms. The highest BCUT2D eigenvalue weighted by atomic mass is 16.5. The standard InChI is InChI=1S/C12H12O2/c1-2-3-7-11-12(13)9-6-4-5-8-10(9)14-11/h4-8H,2-3H2,1H3/b11-7+. The van der Waals surface area contributed by atoms with Crippen LogP contribution in [0.5, 0.6) is 5.75 Å². The first-order chi connectivity index (χ1) is 6.83. The fourth-order valence-electron chi connectivity index (χ4n) is 1.45. The van der Waals surface area contributed by atoms with E-state index >= 15 is 0 Å². The summed E-state index contributed by atoms with van der Waals surface area (Å²) in [5, 5.41) is 0. The largest absolute Gasteiger partial charge is 0.453 e. The van der Waals surface area contributed by atoms with Crippen molar-refractivity contribution in [1.82, 2.24) is 0 Å². The predicted molar refractivity (Wildman–Crippen MR) is 54.4 cm³/mol. The zero-order valence-corrected chi connectivity index (χ0v) is 8.12. The van der Waals surface area contributed by atoms with E-state index in [9.17, 15) is 4.79 Å². The molecule has 1 aliphatic rings. The van der Waals surface area contributed by atoms with Gasteiger partial charge in [-0.05, 0) is 24.6 Å². The van der Waals surface area contributed by atoms with Crippen LogP contribution >= 0.6 is 0 Å². The summed E-state index contributed by atoms with van der Waals surface area (Å²) in [6.45, 7) is 2.07. The van der Waals surface area contributed by atoms with Crippen molar-refractivity contribution in [1.29, 1.82) is 0 Å². The topological polar surface area (TPSA) is 26.3 Å². The van der Waals surface area contributed by atoms with Crippen LogP contribution in [0.4, 0.5) is 0 Å². The molecule has 2 rings (SSSR count). The first-order valence-electron chi connectivity index (χ1n) is 4.84. The number of ether oxygens (including phenoxy) is 1. The van der Waals surface area contributed by atoms with Gasteiger partial charge in [-0.1, -0.05) is 25.5 Å². The lowest BCUT2D eigenvalue weighted by Crippen LogP contribution is -1.97. The van der Waals surface area contributed by atoms with Crippen LogP contribution in [0.2, 0.25) is 0 Å². The van der Waals surface area contributed by atoms with Gasteiger partial charge in [-0.15, -0.1) is 0 Å². The van der Waals surface area contributed by atoms with Gasteiger partial charge in [0.1, 0.15) is 5.75 Å². The lowest BCUT2D eigenvalue weighted by molar-refractivity contribution is 0.101. The van der Waals surface area contributed by atoms with Crippen LogP contribution in [0.25, 0.3) is 0 Å². The van der Waals surface area contributed by atoms with E-state index in [-0.39, 0.29) is 5.78 Å². The first-order valence-corrected chi connectivity index (χ1v) is 4.84. The summed E-state index contributed by atoms with van der Waals surface area (Å²) < 4.78 is 5.43. The second-order valence-corrected chi connectivity index (χ2v) is 3.28. The number of benzene rings is 1. The highest BCUT2D eigenvalue weighted by Crippen LogP contribution is 2.30. The number of ketones is 1. The molecule has 0 unspecified atom stereocenters. The minimum atomic E-state index is 0.00838. The molecule has 0 spiro atoms. The Morgan fingerprint density at radius 3 is 2.86 bits per heavy atom. The number of fused-ring (bicyclic) bond motifs is 1. The maximum absolute atomic E-state index is 11.7. The third-order valence-electron chi connectivity index (χ3n) is 2.19. The van der Waals surface area contributed by atoms with Gasteiger partial charge in [-0.2, -0.15) is 0 Å². The molecule has 0 saturated heterocycles. The van der Waals surface area contributed by atoms with E-state index in [0.29, 0.717) is 17.1 Å². The summed E-state index contributed by atoms with van der Waals surface area (Å²) in [7, 11) is 0. The summed E-state index contributed by atoms with van der Waals surface area (Å²) >= 11 is 0. The fourth-order valence-corrected chi connectivity index (χ4v) is 1.45. The van der Waals surface area contributed by atoms with Crippen LogP contribution in [0.15, 0.2) is 36.1 Å². The van der Waals surface area contributed by atoms with Crippen LogP contribution in [-0.4, -0.2) is 5.78 Å². The molecule has 72 valence electrons. The zero-order valence-electron chi connectivity index (χ0n) is 8.12.